The number of nitrogens with zero attached hydrogens (tertiary/aromatic N) is 2. The van der Waals surface area contributed by atoms with Crippen molar-refractivity contribution in [3.8, 4) is 11.8 Å². The molecule has 0 unspecified atom stereocenters. The van der Waals surface area contributed by atoms with Crippen molar-refractivity contribution in [2.75, 3.05) is 25.5 Å². The highest BCUT2D eigenvalue weighted by molar-refractivity contribution is 6.32. The highest BCUT2D eigenvalue weighted by Crippen LogP contribution is 2.27. The zero-order chi connectivity index (χ0) is 17.2. The second kappa shape index (κ2) is 9.34. The third kappa shape index (κ3) is 5.20. The van der Waals surface area contributed by atoms with Crippen LogP contribution in [0, 0.1) is 11.3 Å². The molecular weight excluding hydrogens is 314 g/mol. The maximum absolute atomic E-state index is 12.3. The van der Waals surface area contributed by atoms with Crippen LogP contribution in [-0.2, 0) is 4.79 Å². The summed E-state index contributed by atoms with van der Waals surface area (Å²) in [6.45, 7) is 7.86. The van der Waals surface area contributed by atoms with E-state index in [4.69, 9.17) is 16.3 Å². The molecular formula is C17H18ClN3O2. The third-order valence-corrected chi connectivity index (χ3v) is 3.17. The predicted molar refractivity (Wildman–Crippen MR) is 92.3 cm³/mol. The Hall–Kier alpha value is -2.71. The van der Waals surface area contributed by atoms with Gasteiger partial charge in [-0.05, 0) is 18.2 Å². The number of nitriles is 1. The second-order valence-electron chi connectivity index (χ2n) is 4.45. The van der Waals surface area contributed by atoms with Crippen molar-refractivity contribution in [3.63, 3.8) is 0 Å². The van der Waals surface area contributed by atoms with E-state index in [1.807, 2.05) is 6.07 Å². The van der Waals surface area contributed by atoms with Gasteiger partial charge in [-0.25, -0.2) is 0 Å². The fourth-order valence-corrected chi connectivity index (χ4v) is 2.03. The molecule has 0 fully saturated rings. The van der Waals surface area contributed by atoms with Crippen LogP contribution in [0.3, 0.4) is 0 Å². The van der Waals surface area contributed by atoms with Gasteiger partial charge in [0.05, 0.1) is 12.1 Å². The first-order chi connectivity index (χ1) is 11.1. The van der Waals surface area contributed by atoms with Crippen molar-refractivity contribution in [1.82, 2.24) is 4.90 Å². The van der Waals surface area contributed by atoms with Crippen LogP contribution in [0.2, 0.25) is 5.02 Å². The lowest BCUT2D eigenvalue weighted by Crippen LogP contribution is -2.32. The summed E-state index contributed by atoms with van der Waals surface area (Å²) < 4.78 is 5.06. The molecule has 0 heterocycles. The van der Waals surface area contributed by atoms with Crippen molar-refractivity contribution >= 4 is 23.2 Å². The molecule has 1 amide bonds. The standard InChI is InChI=1S/C17H18ClN3O2/c1-4-8-21(9-5-2)17(22)13(11-19)12-20-14-6-7-16(23-3)15(18)10-14/h4-7,10,12,20H,1-2,8-9H2,3H3/b13-12-. The van der Waals surface area contributed by atoms with Gasteiger partial charge in [0.25, 0.3) is 5.91 Å². The molecule has 5 nitrogen and oxygen atoms in total. The van der Waals surface area contributed by atoms with Crippen molar-refractivity contribution in [1.29, 1.82) is 5.26 Å². The smallest absolute Gasteiger partial charge is 0.266 e. The third-order valence-electron chi connectivity index (χ3n) is 2.87. The number of rotatable bonds is 8. The molecule has 6 heteroatoms. The van der Waals surface area contributed by atoms with Gasteiger partial charge < -0.3 is 15.0 Å². The molecule has 0 atom stereocenters. The van der Waals surface area contributed by atoms with Crippen LogP contribution < -0.4 is 10.1 Å². The molecule has 0 bridgehead atoms. The number of halogens is 1. The van der Waals surface area contributed by atoms with Gasteiger partial charge in [0.15, 0.2) is 0 Å². The molecule has 1 rings (SSSR count). The van der Waals surface area contributed by atoms with Crippen molar-refractivity contribution in [2.45, 2.75) is 0 Å². The van der Waals surface area contributed by atoms with E-state index < -0.39 is 5.91 Å². The Kier molecular flexibility index (Phi) is 7.44. The summed E-state index contributed by atoms with van der Waals surface area (Å²) in [5.74, 6) is 0.139. The summed E-state index contributed by atoms with van der Waals surface area (Å²) in [4.78, 5) is 13.8. The lowest BCUT2D eigenvalue weighted by molar-refractivity contribution is -0.125. The first-order valence-corrected chi connectivity index (χ1v) is 7.16. The van der Waals surface area contributed by atoms with E-state index in [0.29, 0.717) is 29.5 Å². The van der Waals surface area contributed by atoms with Crippen LogP contribution in [0.1, 0.15) is 0 Å². The predicted octanol–water partition coefficient (Wildman–Crippen LogP) is 3.37. The number of methoxy groups -OCH3 is 1. The van der Waals surface area contributed by atoms with Gasteiger partial charge >= 0.3 is 0 Å². The fraction of sp³-hybridized carbons (Fsp3) is 0.176. The monoisotopic (exact) mass is 331 g/mol. The van der Waals surface area contributed by atoms with Crippen LogP contribution in [-0.4, -0.2) is 31.0 Å². The second-order valence-corrected chi connectivity index (χ2v) is 4.86. The molecule has 0 saturated carbocycles. The summed E-state index contributed by atoms with van der Waals surface area (Å²) >= 11 is 6.03. The number of hydrogen-bond donors (Lipinski definition) is 1. The molecule has 120 valence electrons. The highest BCUT2D eigenvalue weighted by atomic mass is 35.5. The molecule has 0 saturated heterocycles. The highest BCUT2D eigenvalue weighted by Gasteiger charge is 2.16. The van der Waals surface area contributed by atoms with Crippen LogP contribution >= 0.6 is 11.6 Å². The zero-order valence-corrected chi connectivity index (χ0v) is 13.6. The van der Waals surface area contributed by atoms with E-state index in [-0.39, 0.29) is 5.57 Å². The van der Waals surface area contributed by atoms with Gasteiger partial charge in [0.2, 0.25) is 0 Å². The minimum Gasteiger partial charge on any atom is -0.495 e. The van der Waals surface area contributed by atoms with E-state index in [1.54, 1.807) is 30.4 Å². The number of anilines is 1. The van der Waals surface area contributed by atoms with Gasteiger partial charge in [-0.15, -0.1) is 13.2 Å². The van der Waals surface area contributed by atoms with Crippen molar-refractivity contribution < 1.29 is 9.53 Å². The Morgan fingerprint density at radius 2 is 2.09 bits per heavy atom. The van der Waals surface area contributed by atoms with Crippen LogP contribution in [0.4, 0.5) is 5.69 Å². The quantitative estimate of drug-likeness (QED) is 0.450. The van der Waals surface area contributed by atoms with E-state index in [9.17, 15) is 10.1 Å². The van der Waals surface area contributed by atoms with E-state index in [2.05, 4.69) is 18.5 Å². The van der Waals surface area contributed by atoms with Crippen LogP contribution in [0.25, 0.3) is 0 Å². The maximum atomic E-state index is 12.3. The number of benzene rings is 1. The van der Waals surface area contributed by atoms with E-state index >= 15 is 0 Å². The summed E-state index contributed by atoms with van der Waals surface area (Å²) in [6, 6.07) is 6.94. The number of hydrogen-bond acceptors (Lipinski definition) is 4. The first-order valence-electron chi connectivity index (χ1n) is 6.78. The first kappa shape index (κ1) is 18.3. The number of ether oxygens (including phenoxy) is 1. The zero-order valence-electron chi connectivity index (χ0n) is 12.9. The maximum Gasteiger partial charge on any atom is 0.266 e. The van der Waals surface area contributed by atoms with Gasteiger partial charge in [-0.1, -0.05) is 23.8 Å². The molecule has 1 aromatic rings. The topological polar surface area (TPSA) is 65.4 Å². The van der Waals surface area contributed by atoms with Crippen LogP contribution in [0.5, 0.6) is 5.75 Å². The summed E-state index contributed by atoms with van der Waals surface area (Å²) in [5.41, 5.74) is 0.607. The summed E-state index contributed by atoms with van der Waals surface area (Å²) in [5, 5.41) is 12.5. The molecule has 0 spiro atoms. The number of nitrogens with one attached hydrogen (secondary N) is 1. The van der Waals surface area contributed by atoms with Gasteiger partial charge in [0.1, 0.15) is 17.4 Å². The van der Waals surface area contributed by atoms with E-state index in [1.165, 1.54) is 18.2 Å². The summed E-state index contributed by atoms with van der Waals surface area (Å²) in [7, 11) is 1.52. The van der Waals surface area contributed by atoms with E-state index in [0.717, 1.165) is 0 Å². The average Bonchev–Trinajstić information content (AvgIpc) is 2.55. The summed E-state index contributed by atoms with van der Waals surface area (Å²) in [6.07, 6.45) is 4.53. The number of carbonyl (C=O) groups is 1. The Balaban J connectivity index is 2.92. The molecule has 0 aliphatic carbocycles. The van der Waals surface area contributed by atoms with Crippen molar-refractivity contribution in [3.05, 3.63) is 60.3 Å². The Labute approximate surface area is 141 Å². The Morgan fingerprint density at radius 1 is 1.43 bits per heavy atom. The lowest BCUT2D eigenvalue weighted by Gasteiger charge is -2.18. The lowest BCUT2D eigenvalue weighted by atomic mass is 10.2. The molecule has 0 aromatic heterocycles. The van der Waals surface area contributed by atoms with Crippen molar-refractivity contribution in [2.24, 2.45) is 0 Å². The van der Waals surface area contributed by atoms with Crippen LogP contribution in [0.15, 0.2) is 55.3 Å². The number of amides is 1. The molecule has 0 aliphatic rings. The Morgan fingerprint density at radius 3 is 2.57 bits per heavy atom. The molecule has 0 aliphatic heterocycles. The molecule has 1 N–H and O–H groups in total. The van der Waals surface area contributed by atoms with Gasteiger partial charge in [-0.3, -0.25) is 4.79 Å². The molecule has 1 aromatic carbocycles. The molecule has 23 heavy (non-hydrogen) atoms. The fourth-order valence-electron chi connectivity index (χ4n) is 1.78. The van der Waals surface area contributed by atoms with Gasteiger partial charge in [0, 0.05) is 25.0 Å². The Bertz CT molecular complexity index is 652. The molecule has 0 radical (unpaired) electrons. The average molecular weight is 332 g/mol. The minimum absolute atomic E-state index is 0.0272. The SMILES string of the molecule is C=CCN(CC=C)C(=O)/C(C#N)=C\Nc1ccc(OC)c(Cl)c1. The van der Waals surface area contributed by atoms with Gasteiger partial charge in [-0.2, -0.15) is 5.26 Å². The minimum atomic E-state index is -0.403. The normalized spacial score (nSPS) is 10.4. The number of carbonyl (C=O) groups excluding carboxylic acids is 1. The largest absolute Gasteiger partial charge is 0.495 e.